The number of ether oxygens (including phenoxy) is 4. The lowest BCUT2D eigenvalue weighted by atomic mass is 9.76. The fourth-order valence-electron chi connectivity index (χ4n) is 12.6. The molecule has 0 unspecified atom stereocenters. The van der Waals surface area contributed by atoms with Crippen molar-refractivity contribution in [2.45, 2.75) is 65.1 Å². The first kappa shape index (κ1) is 86.3. The third kappa shape index (κ3) is 21.1. The van der Waals surface area contributed by atoms with Gasteiger partial charge in [0.1, 0.15) is 22.6 Å². The number of anilines is 5. The molecule has 30 nitrogen and oxygen atoms in total. The van der Waals surface area contributed by atoms with Crippen LogP contribution in [0.2, 0.25) is 21.0 Å². The summed E-state index contributed by atoms with van der Waals surface area (Å²) in [5.41, 5.74) is 3.98. The SMILES string of the molecule is C1COCCN1.Cc1ccc(NC(=O)c2cccc(C(F)(F)F)c2)cc1-c1nc(N2CCOCC2)c2cnn(C)c2n1.Cc1ccc(NC(=O)c2cccc(C(F)(F)F)c2)cc1B1OC(C)(C)C(C)(C)O1.Cn1ncc2c(Cl)nc(Cl)nc21.Cn1ncc2c(N3CCOCC3)nc(Cl)nc21.Cn1ncc2c(N3CCOCC3)nc(Cl)nc21. The zero-order chi connectivity index (χ0) is 83.7. The van der Waals surface area contributed by atoms with Gasteiger partial charge in [-0.1, -0.05) is 41.4 Å². The molecule has 0 atom stereocenters. The van der Waals surface area contributed by atoms with E-state index in [-0.39, 0.29) is 27.0 Å². The van der Waals surface area contributed by atoms with Crippen molar-refractivity contribution in [3.63, 3.8) is 0 Å². The van der Waals surface area contributed by atoms with Crippen molar-refractivity contribution in [1.29, 1.82) is 0 Å². The Bertz CT molecular complexity index is 5390. The van der Waals surface area contributed by atoms with Crippen LogP contribution >= 0.6 is 46.4 Å². The summed E-state index contributed by atoms with van der Waals surface area (Å²) in [5.74, 6) is 1.63. The van der Waals surface area contributed by atoms with E-state index in [1.165, 1.54) is 24.3 Å². The quantitative estimate of drug-likeness (QED) is 0.0523. The fraction of sp³-hybridized carbons (Fsp3) is 0.395. The van der Waals surface area contributed by atoms with E-state index in [0.29, 0.717) is 97.3 Å². The maximum absolute atomic E-state index is 13.1. The number of benzene rings is 4. The summed E-state index contributed by atoms with van der Waals surface area (Å²) < 4.78 is 118. The molecule has 618 valence electrons. The van der Waals surface area contributed by atoms with Crippen LogP contribution in [0, 0.1) is 13.8 Å². The number of rotatable bonds is 9. The highest BCUT2D eigenvalue weighted by Gasteiger charge is 2.52. The number of hydrogen-bond donors (Lipinski definition) is 3. The highest BCUT2D eigenvalue weighted by atomic mass is 35.5. The molecule has 3 N–H and O–H groups in total. The number of amides is 2. The molecule has 5 aliphatic rings. The Balaban J connectivity index is 0.000000138. The Morgan fingerprint density at radius 1 is 0.453 bits per heavy atom. The van der Waals surface area contributed by atoms with Gasteiger partial charge in [0.2, 0.25) is 15.9 Å². The number of fused-ring (bicyclic) bond motifs is 4. The van der Waals surface area contributed by atoms with Crippen molar-refractivity contribution >= 4 is 144 Å². The zero-order valence-electron chi connectivity index (χ0n) is 65.3. The molecule has 12 aromatic rings. The number of aromatic nitrogens is 16. The molecule has 0 spiro atoms. The highest BCUT2D eigenvalue weighted by molar-refractivity contribution is 6.62. The molecular weight excluding hydrogens is 1620 g/mol. The number of nitrogens with zero attached hydrogens (tertiary/aromatic N) is 19. The average molecular weight is 1700 g/mol. The number of carbonyl (C=O) groups is 2. The van der Waals surface area contributed by atoms with E-state index in [0.717, 1.165) is 138 Å². The molecule has 17 rings (SSSR count). The topological polar surface area (TPSA) is 310 Å². The molecule has 0 saturated carbocycles. The summed E-state index contributed by atoms with van der Waals surface area (Å²) in [6.45, 7) is 24.1. The van der Waals surface area contributed by atoms with E-state index in [2.05, 4.69) is 80.9 Å². The van der Waals surface area contributed by atoms with Crippen LogP contribution in [0.4, 0.5) is 55.2 Å². The molecule has 117 heavy (non-hydrogen) atoms. The largest absolute Gasteiger partial charge is 0.495 e. The molecule has 0 bridgehead atoms. The number of aryl methyl sites for hydroxylation is 6. The number of carbonyl (C=O) groups excluding carboxylic acids is 2. The van der Waals surface area contributed by atoms with Crippen LogP contribution in [0.5, 0.6) is 0 Å². The maximum atomic E-state index is 13.1. The van der Waals surface area contributed by atoms with Crippen LogP contribution in [0.25, 0.3) is 55.5 Å². The van der Waals surface area contributed by atoms with Gasteiger partial charge in [0.15, 0.2) is 28.4 Å². The number of nitrogens with one attached hydrogen (secondary N) is 3. The smallest absolute Gasteiger partial charge is 0.399 e. The second-order valence-corrected chi connectivity index (χ2v) is 29.6. The van der Waals surface area contributed by atoms with Crippen LogP contribution < -0.4 is 36.1 Å². The molecule has 8 aromatic heterocycles. The molecule has 5 saturated heterocycles. The molecule has 41 heteroatoms. The van der Waals surface area contributed by atoms with Gasteiger partial charge in [0, 0.05) is 109 Å². The van der Waals surface area contributed by atoms with Crippen molar-refractivity contribution in [2.24, 2.45) is 28.2 Å². The van der Waals surface area contributed by atoms with Gasteiger partial charge in [-0.3, -0.25) is 28.3 Å². The second-order valence-electron chi connectivity index (χ2n) is 28.2. The monoisotopic (exact) mass is 1700 g/mol. The van der Waals surface area contributed by atoms with Gasteiger partial charge in [0.05, 0.1) is 122 Å². The van der Waals surface area contributed by atoms with Crippen molar-refractivity contribution in [3.8, 4) is 11.4 Å². The lowest BCUT2D eigenvalue weighted by Gasteiger charge is -2.32. The van der Waals surface area contributed by atoms with Gasteiger partial charge in [-0.25, -0.2) is 15.0 Å². The Morgan fingerprint density at radius 2 is 0.821 bits per heavy atom. The minimum atomic E-state index is -4.53. The Morgan fingerprint density at radius 3 is 1.22 bits per heavy atom. The molecule has 0 radical (unpaired) electrons. The van der Waals surface area contributed by atoms with Crippen molar-refractivity contribution in [1.82, 2.24) is 84.3 Å². The van der Waals surface area contributed by atoms with Gasteiger partial charge in [-0.05, 0) is 148 Å². The molecule has 13 heterocycles. The predicted octanol–water partition coefficient (Wildman–Crippen LogP) is 12.0. The lowest BCUT2D eigenvalue weighted by Crippen LogP contribution is -2.41. The van der Waals surface area contributed by atoms with Crippen molar-refractivity contribution < 1.29 is 64.2 Å². The number of morpholine rings is 4. The van der Waals surface area contributed by atoms with E-state index < -0.39 is 53.6 Å². The summed E-state index contributed by atoms with van der Waals surface area (Å²) in [6, 6.07) is 19.1. The van der Waals surface area contributed by atoms with Crippen molar-refractivity contribution in [2.75, 3.05) is 131 Å². The van der Waals surface area contributed by atoms with Crippen LogP contribution in [0.3, 0.4) is 0 Å². The van der Waals surface area contributed by atoms with Gasteiger partial charge in [-0.2, -0.15) is 71.7 Å². The normalized spacial score (nSPS) is 16.1. The second kappa shape index (κ2) is 37.3. The standard InChI is InChI=1S/C25H23F3N6O2.C21H23BF3NO3.2C10H12ClN5O.C6H4Cl2N4.C4H9NO/c1-15-6-7-18(30-24(35)16-4-3-5-17(12-16)25(26,27)28)13-19(15)21-31-22-20(14-29-33(22)2)23(32-21)34-8-10-36-11-9-34;1-13-9-10-16(12-17(13)22-28-19(2,3)20(4,5)29-22)26-18(27)14-7-6-8-15(11-14)21(23,24)25;2*1-15-8-7(6-12-15)9(14-10(11)13-8)16-2-4-17-5-3-16;1-12-5-3(2-9-12)4(7)10-6(8)11-5;1-3-6-4-2-5-1/h3-7,12-14H,8-11H2,1-2H3,(H,30,35);6-12H,1-5H3,(H,26,27);2*6H,2-5H2,1H3;2H,1H3;5H,1-4H2. The minimum Gasteiger partial charge on any atom is -0.399 e. The Kier molecular flexibility index (Phi) is 27.5. The molecule has 2 amide bonds. The molecule has 5 aliphatic heterocycles. The molecule has 5 fully saturated rings. The fourth-order valence-corrected chi connectivity index (χ4v) is 13.3. The highest BCUT2D eigenvalue weighted by Crippen LogP contribution is 2.39. The van der Waals surface area contributed by atoms with Crippen LogP contribution in [0.1, 0.15) is 70.7 Å². The summed E-state index contributed by atoms with van der Waals surface area (Å²) in [4.78, 5) is 66.0. The number of hydrogen-bond acceptors (Lipinski definition) is 24. The Hall–Kier alpha value is -10.1. The Labute approximate surface area is 687 Å². The lowest BCUT2D eigenvalue weighted by molar-refractivity contribution is -0.138. The van der Waals surface area contributed by atoms with E-state index in [4.69, 9.17) is 84.6 Å². The van der Waals surface area contributed by atoms with Gasteiger partial charge in [0.25, 0.3) is 11.8 Å². The van der Waals surface area contributed by atoms with E-state index in [9.17, 15) is 35.9 Å². The summed E-state index contributed by atoms with van der Waals surface area (Å²) in [5, 5.41) is 29.6. The van der Waals surface area contributed by atoms with E-state index in [1.807, 2.05) is 67.8 Å². The van der Waals surface area contributed by atoms with Crippen molar-refractivity contribution in [3.05, 3.63) is 164 Å². The predicted molar refractivity (Wildman–Crippen MR) is 434 cm³/mol. The molecule has 4 aromatic carbocycles. The van der Waals surface area contributed by atoms with E-state index >= 15 is 0 Å². The van der Waals surface area contributed by atoms with Crippen LogP contribution in [-0.2, 0) is 68.8 Å². The molecule has 0 aliphatic carbocycles. The maximum Gasteiger partial charge on any atom is 0.495 e. The third-order valence-corrected chi connectivity index (χ3v) is 20.4. The third-order valence-electron chi connectivity index (χ3n) is 19.6. The van der Waals surface area contributed by atoms with E-state index in [1.54, 1.807) is 81.9 Å². The number of halogens is 10. The van der Waals surface area contributed by atoms with Crippen LogP contribution in [0.15, 0.2) is 110 Å². The summed E-state index contributed by atoms with van der Waals surface area (Å²) >= 11 is 23.3. The first-order valence-corrected chi connectivity index (χ1v) is 38.4. The van der Waals surface area contributed by atoms with Gasteiger partial charge in [-0.15, -0.1) is 0 Å². The first-order valence-electron chi connectivity index (χ1n) is 36.9. The first-order chi connectivity index (χ1) is 55.7. The number of alkyl halides is 6. The molecular formula is C76H83BCl4F6N22O8. The van der Waals surface area contributed by atoms with Gasteiger partial charge >= 0.3 is 19.5 Å². The summed E-state index contributed by atoms with van der Waals surface area (Å²) in [6.07, 6.45) is -2.15. The zero-order valence-corrected chi connectivity index (χ0v) is 68.3. The van der Waals surface area contributed by atoms with Crippen LogP contribution in [-0.4, -0.2) is 214 Å². The summed E-state index contributed by atoms with van der Waals surface area (Å²) in [7, 11) is 6.65. The minimum absolute atomic E-state index is 0.0717. The average Bonchev–Trinajstić information content (AvgIpc) is 1.65. The van der Waals surface area contributed by atoms with Gasteiger partial charge < -0.3 is 58.9 Å².